The van der Waals surface area contributed by atoms with Crippen LogP contribution in [-0.4, -0.2) is 39.7 Å². The van der Waals surface area contributed by atoms with Crippen LogP contribution in [-0.2, 0) is 0 Å². The van der Waals surface area contributed by atoms with Crippen molar-refractivity contribution in [2.75, 3.05) is 18.5 Å². The van der Waals surface area contributed by atoms with E-state index in [9.17, 15) is 13.2 Å². The Labute approximate surface area is 105 Å². The average Bonchev–Trinajstić information content (AvgIpc) is 2.71. The highest BCUT2D eigenvalue weighted by Crippen LogP contribution is 2.24. The first-order valence-electron chi connectivity index (χ1n) is 5.01. The third-order valence-electron chi connectivity index (χ3n) is 2.33. The van der Waals surface area contributed by atoms with E-state index in [1.54, 1.807) is 0 Å². The van der Waals surface area contributed by atoms with Gasteiger partial charge < -0.3 is 9.88 Å². The molecule has 2 heterocycles. The number of alkyl halides is 3. The average molecular weight is 280 g/mol. The molecule has 18 heavy (non-hydrogen) atoms. The van der Waals surface area contributed by atoms with Gasteiger partial charge in [-0.25, -0.2) is 4.98 Å². The minimum Gasteiger partial charge on any atom is -0.357 e. The fourth-order valence-electron chi connectivity index (χ4n) is 1.47. The number of fused-ring (bicyclic) bond motifs is 1. The molecule has 98 valence electrons. The summed E-state index contributed by atoms with van der Waals surface area (Å²) in [5.41, 5.74) is 0.785. The van der Waals surface area contributed by atoms with E-state index in [1.165, 1.54) is 18.3 Å². The molecule has 0 aliphatic carbocycles. The Morgan fingerprint density at radius 3 is 2.78 bits per heavy atom. The lowest BCUT2D eigenvalue weighted by Crippen LogP contribution is -2.25. The van der Waals surface area contributed by atoms with Crippen molar-refractivity contribution in [3.63, 3.8) is 0 Å². The van der Waals surface area contributed by atoms with Crippen molar-refractivity contribution in [3.8, 4) is 0 Å². The van der Waals surface area contributed by atoms with E-state index in [4.69, 9.17) is 11.6 Å². The Morgan fingerprint density at radius 2 is 2.11 bits per heavy atom. The Hall–Kier alpha value is -1.57. The van der Waals surface area contributed by atoms with Crippen LogP contribution in [0.2, 0.25) is 5.28 Å². The molecule has 0 saturated heterocycles. The first-order valence-corrected chi connectivity index (χ1v) is 5.39. The molecule has 2 rings (SSSR count). The number of rotatable bonds is 3. The van der Waals surface area contributed by atoms with Crippen LogP contribution < -0.4 is 4.90 Å². The highest BCUT2D eigenvalue weighted by Gasteiger charge is 2.28. The standard InChI is InChI=1S/C9H9ClF3N5/c1-18(3-2-9(11,12)13)7-5-6(15-4-14-5)16-8(10)17-7/h4H,2-3H2,1H3,(H,14,15,16,17). The molecule has 5 nitrogen and oxygen atoms in total. The van der Waals surface area contributed by atoms with Gasteiger partial charge in [0.05, 0.1) is 12.7 Å². The van der Waals surface area contributed by atoms with Gasteiger partial charge in [-0.15, -0.1) is 0 Å². The van der Waals surface area contributed by atoms with Gasteiger partial charge in [0.2, 0.25) is 5.28 Å². The lowest BCUT2D eigenvalue weighted by Gasteiger charge is -2.19. The predicted octanol–water partition coefficient (Wildman–Crippen LogP) is 2.39. The zero-order valence-electron chi connectivity index (χ0n) is 9.29. The van der Waals surface area contributed by atoms with E-state index in [0.29, 0.717) is 17.0 Å². The summed E-state index contributed by atoms with van der Waals surface area (Å²) in [5, 5.41) is -0.0524. The van der Waals surface area contributed by atoms with Crippen LogP contribution in [0.4, 0.5) is 19.0 Å². The van der Waals surface area contributed by atoms with Gasteiger partial charge in [0, 0.05) is 13.6 Å². The Kier molecular flexibility index (Phi) is 3.29. The smallest absolute Gasteiger partial charge is 0.357 e. The second-order valence-electron chi connectivity index (χ2n) is 3.70. The summed E-state index contributed by atoms with van der Waals surface area (Å²) < 4.78 is 36.5. The summed E-state index contributed by atoms with van der Waals surface area (Å²) in [5.74, 6) is 0.298. The van der Waals surface area contributed by atoms with Crippen molar-refractivity contribution in [2.45, 2.75) is 12.6 Å². The summed E-state index contributed by atoms with van der Waals surface area (Å²) in [6.45, 7) is -0.217. The molecule has 9 heteroatoms. The summed E-state index contributed by atoms with van der Waals surface area (Å²) in [7, 11) is 1.50. The molecule has 0 atom stereocenters. The van der Waals surface area contributed by atoms with E-state index in [1.807, 2.05) is 0 Å². The maximum absolute atomic E-state index is 12.2. The van der Waals surface area contributed by atoms with Gasteiger partial charge in [0.15, 0.2) is 11.5 Å². The highest BCUT2D eigenvalue weighted by atomic mass is 35.5. The predicted molar refractivity (Wildman–Crippen MR) is 60.6 cm³/mol. The third kappa shape index (κ3) is 2.81. The minimum atomic E-state index is -4.21. The molecule has 0 aromatic carbocycles. The van der Waals surface area contributed by atoms with Crippen LogP contribution in [0.1, 0.15) is 6.42 Å². The van der Waals surface area contributed by atoms with E-state index in [-0.39, 0.29) is 11.8 Å². The molecule has 0 amide bonds. The second-order valence-corrected chi connectivity index (χ2v) is 4.04. The second kappa shape index (κ2) is 4.60. The van der Waals surface area contributed by atoms with Crippen LogP contribution in [0.25, 0.3) is 11.2 Å². The molecule has 0 saturated carbocycles. The van der Waals surface area contributed by atoms with Crippen LogP contribution >= 0.6 is 11.6 Å². The molecular formula is C9H9ClF3N5. The first kappa shape index (κ1) is 12.9. The molecule has 0 bridgehead atoms. The molecule has 1 N–H and O–H groups in total. The van der Waals surface area contributed by atoms with Gasteiger partial charge in [0.25, 0.3) is 0 Å². The SMILES string of the molecule is CN(CCC(F)(F)F)c1nc(Cl)nc2nc[nH]c12. The number of hydrogen-bond donors (Lipinski definition) is 1. The molecule has 0 unspecified atom stereocenters. The first-order chi connectivity index (χ1) is 8.37. The van der Waals surface area contributed by atoms with Gasteiger partial charge in [-0.1, -0.05) is 0 Å². The zero-order valence-corrected chi connectivity index (χ0v) is 10.0. The lowest BCUT2D eigenvalue weighted by molar-refractivity contribution is -0.132. The number of aromatic nitrogens is 4. The van der Waals surface area contributed by atoms with Crippen molar-refractivity contribution >= 4 is 28.6 Å². The molecule has 0 spiro atoms. The zero-order chi connectivity index (χ0) is 13.3. The third-order valence-corrected chi connectivity index (χ3v) is 2.50. The highest BCUT2D eigenvalue weighted by molar-refractivity contribution is 6.28. The molecule has 0 aliphatic heterocycles. The van der Waals surface area contributed by atoms with Gasteiger partial charge in [-0.2, -0.15) is 23.1 Å². The van der Waals surface area contributed by atoms with Gasteiger partial charge in [-0.05, 0) is 11.6 Å². The lowest BCUT2D eigenvalue weighted by atomic mass is 10.3. The molecule has 0 aliphatic rings. The van der Waals surface area contributed by atoms with Crippen molar-refractivity contribution in [1.82, 2.24) is 19.9 Å². The molecule has 0 radical (unpaired) electrons. The normalized spacial score (nSPS) is 12.1. The van der Waals surface area contributed by atoms with Crippen molar-refractivity contribution in [1.29, 1.82) is 0 Å². The molecular weight excluding hydrogens is 271 g/mol. The summed E-state index contributed by atoms with van der Waals surface area (Å²) >= 11 is 5.69. The molecule has 2 aromatic heterocycles. The molecule has 2 aromatic rings. The largest absolute Gasteiger partial charge is 0.390 e. The van der Waals surface area contributed by atoms with Crippen LogP contribution in [0.3, 0.4) is 0 Å². The Bertz CT molecular complexity index is 553. The number of anilines is 1. The monoisotopic (exact) mass is 279 g/mol. The summed E-state index contributed by atoms with van der Waals surface area (Å²) in [6, 6.07) is 0. The van der Waals surface area contributed by atoms with Crippen molar-refractivity contribution < 1.29 is 13.2 Å². The van der Waals surface area contributed by atoms with Crippen LogP contribution in [0.15, 0.2) is 6.33 Å². The number of hydrogen-bond acceptors (Lipinski definition) is 4. The summed E-state index contributed by atoms with van der Waals surface area (Å²) in [6.07, 6.45) is -3.75. The number of aromatic amines is 1. The topological polar surface area (TPSA) is 57.7 Å². The van der Waals surface area contributed by atoms with E-state index >= 15 is 0 Å². The fourth-order valence-corrected chi connectivity index (χ4v) is 1.63. The van der Waals surface area contributed by atoms with Gasteiger partial charge >= 0.3 is 6.18 Å². The minimum absolute atomic E-state index is 0.0524. The van der Waals surface area contributed by atoms with E-state index in [2.05, 4.69) is 19.9 Å². The Morgan fingerprint density at radius 1 is 1.39 bits per heavy atom. The maximum atomic E-state index is 12.2. The number of halogens is 4. The molecule has 0 fully saturated rings. The number of H-pyrrole nitrogens is 1. The van der Waals surface area contributed by atoms with Crippen LogP contribution in [0, 0.1) is 0 Å². The maximum Gasteiger partial charge on any atom is 0.390 e. The fraction of sp³-hybridized carbons (Fsp3) is 0.444. The van der Waals surface area contributed by atoms with Crippen LogP contribution in [0.5, 0.6) is 0 Å². The van der Waals surface area contributed by atoms with Crippen molar-refractivity contribution in [2.24, 2.45) is 0 Å². The number of nitrogens with zero attached hydrogens (tertiary/aromatic N) is 4. The number of nitrogens with one attached hydrogen (secondary N) is 1. The number of imidazole rings is 1. The van der Waals surface area contributed by atoms with Gasteiger partial charge in [0.1, 0.15) is 5.52 Å². The quantitative estimate of drug-likeness (QED) is 0.877. The Balaban J connectivity index is 2.26. The van der Waals surface area contributed by atoms with E-state index in [0.717, 1.165) is 0 Å². The van der Waals surface area contributed by atoms with E-state index < -0.39 is 12.6 Å². The van der Waals surface area contributed by atoms with Gasteiger partial charge in [-0.3, -0.25) is 0 Å². The summed E-state index contributed by atoms with van der Waals surface area (Å²) in [4.78, 5) is 15.8. The van der Waals surface area contributed by atoms with Crippen molar-refractivity contribution in [3.05, 3.63) is 11.6 Å².